The van der Waals surface area contributed by atoms with Gasteiger partial charge in [0, 0.05) is 11.8 Å². The van der Waals surface area contributed by atoms with E-state index in [4.69, 9.17) is 33.4 Å². The molecule has 0 aromatic rings. The van der Waals surface area contributed by atoms with Gasteiger partial charge in [0.2, 0.25) is 0 Å². The van der Waals surface area contributed by atoms with Crippen molar-refractivity contribution < 1.29 is 30.0 Å². The Hall–Kier alpha value is -0.760. The number of allylic oxidation sites excluding steroid dienone is 2. The molecular weight excluding hydrogens is 335 g/mol. The van der Waals surface area contributed by atoms with Crippen molar-refractivity contribution in [1.29, 1.82) is 0 Å². The average molecular weight is 353 g/mol. The third kappa shape index (κ3) is 4.16. The summed E-state index contributed by atoms with van der Waals surface area (Å²) in [5.74, 6) is -1.61. The van der Waals surface area contributed by atoms with Gasteiger partial charge in [-0.3, -0.25) is 9.59 Å². The van der Waals surface area contributed by atoms with Gasteiger partial charge in [-0.05, 0) is 12.2 Å². The molecule has 6 atom stereocenters. The third-order valence-electron chi connectivity index (χ3n) is 3.69. The maximum Gasteiger partial charge on any atom is 0.162 e. The number of hydrogen-bond acceptors (Lipinski definition) is 6. The lowest BCUT2D eigenvalue weighted by molar-refractivity contribution is -0.125. The van der Waals surface area contributed by atoms with Gasteiger partial charge in [0.25, 0.3) is 0 Å². The lowest BCUT2D eigenvalue weighted by atomic mass is 9.90. The minimum Gasteiger partial charge on any atom is -0.389 e. The summed E-state index contributed by atoms with van der Waals surface area (Å²) in [6.07, 6.45) is -2.04. The monoisotopic (exact) mass is 352 g/mol. The zero-order chi connectivity index (χ0) is 17.2. The number of hydrogen-bond donors (Lipinski definition) is 4. The molecule has 0 saturated heterocycles. The second kappa shape index (κ2) is 7.68. The maximum absolute atomic E-state index is 10.9. The van der Waals surface area contributed by atoms with Crippen molar-refractivity contribution in [2.24, 2.45) is 11.8 Å². The molecule has 0 bridgehead atoms. The topological polar surface area (TPSA) is 115 Å². The van der Waals surface area contributed by atoms with Crippen molar-refractivity contribution in [3.63, 3.8) is 0 Å². The molecule has 2 aliphatic rings. The highest BCUT2D eigenvalue weighted by Gasteiger charge is 2.34. The minimum atomic E-state index is -1.11. The molecule has 0 aliphatic heterocycles. The van der Waals surface area contributed by atoms with Crippen molar-refractivity contribution in [2.75, 3.05) is 0 Å². The normalized spacial score (nSPS) is 38.7. The molecule has 0 unspecified atom stereocenters. The van der Waals surface area contributed by atoms with E-state index in [9.17, 15) is 19.8 Å². The van der Waals surface area contributed by atoms with Crippen LogP contribution in [-0.4, -0.2) is 56.4 Å². The summed E-state index contributed by atoms with van der Waals surface area (Å²) in [4.78, 5) is 21.9. The van der Waals surface area contributed by atoms with Gasteiger partial charge in [0.05, 0.1) is 22.3 Å². The number of ketones is 2. The molecule has 0 fully saturated rings. The van der Waals surface area contributed by atoms with Crippen LogP contribution in [0.1, 0.15) is 13.8 Å². The highest BCUT2D eigenvalue weighted by Crippen LogP contribution is 2.24. The van der Waals surface area contributed by atoms with Gasteiger partial charge < -0.3 is 20.4 Å². The smallest absolute Gasteiger partial charge is 0.162 e. The number of rotatable bonds is 0. The molecule has 4 N–H and O–H groups in total. The molecule has 6 nitrogen and oxygen atoms in total. The van der Waals surface area contributed by atoms with E-state index < -0.39 is 36.3 Å². The predicted octanol–water partition coefficient (Wildman–Crippen LogP) is 0.0994. The summed E-state index contributed by atoms with van der Waals surface area (Å²) >= 11 is 10.9. The zero-order valence-electron chi connectivity index (χ0n) is 12.0. The van der Waals surface area contributed by atoms with Gasteiger partial charge in [-0.1, -0.05) is 37.0 Å². The standard InChI is InChI=1S/2C7H9ClO3/c2*1-3-5(9)2-4(8)7(11)6(3)10/h2*2-3,6-7,10-11H,1H3/t2*3-,6-,7+/m11/s1. The molecule has 2 aliphatic carbocycles. The van der Waals surface area contributed by atoms with Gasteiger partial charge in [-0.25, -0.2) is 0 Å². The van der Waals surface area contributed by atoms with Crippen molar-refractivity contribution in [3.8, 4) is 0 Å². The SMILES string of the molecule is C[C@@H]1C(=O)C=C(Cl)[C@H](O)[C@@H]1O.C[C@@H]1C(=O)C=C(Cl)[C@H](O)[C@@H]1O. The molecule has 0 saturated carbocycles. The average Bonchev–Trinajstić information content (AvgIpc) is 2.47. The first-order chi connectivity index (χ1) is 10.1. The highest BCUT2D eigenvalue weighted by molar-refractivity contribution is 6.32. The molecule has 0 spiro atoms. The van der Waals surface area contributed by atoms with Crippen molar-refractivity contribution >= 4 is 34.8 Å². The van der Waals surface area contributed by atoms with Crippen LogP contribution in [0.3, 0.4) is 0 Å². The number of aliphatic hydroxyl groups excluding tert-OH is 4. The molecule has 8 heteroatoms. The number of aliphatic hydroxyl groups is 4. The quantitative estimate of drug-likeness (QED) is 0.491. The van der Waals surface area contributed by atoms with Crippen LogP contribution in [0.4, 0.5) is 0 Å². The van der Waals surface area contributed by atoms with Gasteiger partial charge in [0.1, 0.15) is 12.2 Å². The molecule has 0 amide bonds. The summed E-state index contributed by atoms with van der Waals surface area (Å²) in [5.41, 5.74) is 0. The first-order valence-electron chi connectivity index (χ1n) is 6.62. The van der Waals surface area contributed by atoms with Crippen LogP contribution in [0.2, 0.25) is 0 Å². The lowest BCUT2D eigenvalue weighted by Crippen LogP contribution is -2.39. The third-order valence-corrected chi connectivity index (χ3v) is 4.36. The number of carbonyl (C=O) groups is 2. The molecular formula is C14H18Cl2O6. The predicted molar refractivity (Wildman–Crippen MR) is 80.2 cm³/mol. The van der Waals surface area contributed by atoms with Crippen molar-refractivity contribution in [3.05, 3.63) is 22.2 Å². The maximum atomic E-state index is 10.9. The van der Waals surface area contributed by atoms with Gasteiger partial charge in [-0.2, -0.15) is 0 Å². The summed E-state index contributed by atoms with van der Waals surface area (Å²) in [6.45, 7) is 3.10. The fourth-order valence-electron chi connectivity index (χ4n) is 1.92. The van der Waals surface area contributed by atoms with Crippen LogP contribution in [0, 0.1) is 11.8 Å². The van der Waals surface area contributed by atoms with Crippen LogP contribution in [-0.2, 0) is 9.59 Å². The summed E-state index contributed by atoms with van der Waals surface area (Å²) < 4.78 is 0. The molecule has 124 valence electrons. The zero-order valence-corrected chi connectivity index (χ0v) is 13.5. The minimum absolute atomic E-state index is 0.0144. The van der Waals surface area contributed by atoms with Crippen molar-refractivity contribution in [1.82, 2.24) is 0 Å². The lowest BCUT2D eigenvalue weighted by Gasteiger charge is -2.25. The Balaban J connectivity index is 0.000000220. The first-order valence-corrected chi connectivity index (χ1v) is 7.37. The van der Waals surface area contributed by atoms with E-state index >= 15 is 0 Å². The van der Waals surface area contributed by atoms with Gasteiger partial charge in [-0.15, -0.1) is 0 Å². The van der Waals surface area contributed by atoms with E-state index in [0.717, 1.165) is 12.2 Å². The van der Waals surface area contributed by atoms with E-state index in [0.29, 0.717) is 0 Å². The first kappa shape index (κ1) is 19.3. The van der Waals surface area contributed by atoms with E-state index in [2.05, 4.69) is 0 Å². The Morgan fingerprint density at radius 2 is 1.05 bits per heavy atom. The largest absolute Gasteiger partial charge is 0.389 e. The second-order valence-electron chi connectivity index (χ2n) is 5.31. The molecule has 22 heavy (non-hydrogen) atoms. The van der Waals surface area contributed by atoms with Gasteiger partial charge in [0.15, 0.2) is 11.6 Å². The Kier molecular flexibility index (Phi) is 6.73. The van der Waals surface area contributed by atoms with Crippen LogP contribution >= 0.6 is 23.2 Å². The molecule has 0 aromatic carbocycles. The number of carbonyl (C=O) groups excluding carboxylic acids is 2. The summed E-state index contributed by atoms with van der Waals surface area (Å²) in [7, 11) is 0. The fraction of sp³-hybridized carbons (Fsp3) is 0.571. The Morgan fingerprint density at radius 3 is 1.32 bits per heavy atom. The Morgan fingerprint density at radius 1 is 0.773 bits per heavy atom. The molecule has 0 aromatic heterocycles. The number of halogens is 2. The van der Waals surface area contributed by atoms with E-state index in [1.165, 1.54) is 0 Å². The van der Waals surface area contributed by atoms with E-state index in [1.807, 2.05) is 0 Å². The van der Waals surface area contributed by atoms with E-state index in [1.54, 1.807) is 13.8 Å². The fourth-order valence-corrected chi connectivity index (χ4v) is 2.39. The summed E-state index contributed by atoms with van der Waals surface area (Å²) in [5, 5.41) is 36.7. The second-order valence-corrected chi connectivity index (χ2v) is 6.18. The van der Waals surface area contributed by atoms with Gasteiger partial charge >= 0.3 is 0 Å². The highest BCUT2D eigenvalue weighted by atomic mass is 35.5. The Labute approximate surface area is 137 Å². The van der Waals surface area contributed by atoms with Crippen LogP contribution in [0.15, 0.2) is 22.2 Å². The van der Waals surface area contributed by atoms with Crippen LogP contribution in [0.5, 0.6) is 0 Å². The Bertz CT molecular complexity index is 469. The molecule has 2 rings (SSSR count). The van der Waals surface area contributed by atoms with Crippen LogP contribution < -0.4 is 0 Å². The van der Waals surface area contributed by atoms with Crippen LogP contribution in [0.25, 0.3) is 0 Å². The summed E-state index contributed by atoms with van der Waals surface area (Å²) in [6, 6.07) is 0. The van der Waals surface area contributed by atoms with Crippen molar-refractivity contribution in [2.45, 2.75) is 38.3 Å². The molecule has 0 heterocycles. The van der Waals surface area contributed by atoms with E-state index in [-0.39, 0.29) is 21.6 Å². The molecule has 0 radical (unpaired) electrons.